The second kappa shape index (κ2) is 7.99. The Hall–Kier alpha value is -2.66. The molecule has 2 aromatic rings. The highest BCUT2D eigenvalue weighted by Crippen LogP contribution is 2.33. The first-order chi connectivity index (χ1) is 13.7. The Morgan fingerprint density at radius 2 is 1.86 bits per heavy atom. The topological polar surface area (TPSA) is 127 Å². The lowest BCUT2D eigenvalue weighted by molar-refractivity contribution is -0.387. The van der Waals surface area contributed by atoms with Crippen molar-refractivity contribution in [1.29, 1.82) is 0 Å². The molecule has 3 rings (SSSR count). The van der Waals surface area contributed by atoms with Gasteiger partial charge in [-0.25, -0.2) is 16.8 Å². The van der Waals surface area contributed by atoms with E-state index in [9.17, 15) is 26.9 Å². The standard InChI is InChI=1S/C18H21N3O6S2/c1-2-12-28(24,25)20-11-5-6-14-9-10-15(13-17(14)20)19-29(26,27)18-8-4-3-7-16(18)21(22)23/h3-4,7-10,13,19H,2,5-6,11-12H2,1H3. The summed E-state index contributed by atoms with van der Waals surface area (Å²) < 4.78 is 54.3. The predicted octanol–water partition coefficient (Wildman–Crippen LogP) is 2.89. The first-order valence-electron chi connectivity index (χ1n) is 9.05. The molecule has 1 heterocycles. The number of fused-ring (bicyclic) bond motifs is 1. The van der Waals surface area contributed by atoms with Crippen LogP contribution in [0, 0.1) is 10.1 Å². The second-order valence-electron chi connectivity index (χ2n) is 6.67. The second-order valence-corrected chi connectivity index (χ2v) is 10.3. The molecule has 9 nitrogen and oxygen atoms in total. The summed E-state index contributed by atoms with van der Waals surface area (Å²) in [6.45, 7) is 2.11. The van der Waals surface area contributed by atoms with Gasteiger partial charge in [0.05, 0.1) is 22.1 Å². The average Bonchev–Trinajstić information content (AvgIpc) is 2.67. The summed E-state index contributed by atoms with van der Waals surface area (Å²) in [6.07, 6.45) is 1.83. The quantitative estimate of drug-likeness (QED) is 0.522. The molecule has 1 N–H and O–H groups in total. The molecule has 29 heavy (non-hydrogen) atoms. The fourth-order valence-electron chi connectivity index (χ4n) is 3.31. The third-order valence-electron chi connectivity index (χ3n) is 4.56. The largest absolute Gasteiger partial charge is 0.289 e. The van der Waals surface area contributed by atoms with Crippen LogP contribution in [0.15, 0.2) is 47.4 Å². The monoisotopic (exact) mass is 439 g/mol. The van der Waals surface area contributed by atoms with Crippen LogP contribution in [0.3, 0.4) is 0 Å². The van der Waals surface area contributed by atoms with E-state index in [2.05, 4.69) is 4.72 Å². The van der Waals surface area contributed by atoms with Crippen LogP contribution in [0.2, 0.25) is 0 Å². The molecule has 0 saturated carbocycles. The van der Waals surface area contributed by atoms with Gasteiger partial charge in [-0.1, -0.05) is 25.1 Å². The van der Waals surface area contributed by atoms with Gasteiger partial charge in [-0.15, -0.1) is 0 Å². The number of nitro groups is 1. The fourth-order valence-corrected chi connectivity index (χ4v) is 6.14. The Morgan fingerprint density at radius 1 is 1.14 bits per heavy atom. The zero-order valence-electron chi connectivity index (χ0n) is 15.7. The van der Waals surface area contributed by atoms with Gasteiger partial charge in [0, 0.05) is 12.6 Å². The van der Waals surface area contributed by atoms with Crippen molar-refractivity contribution < 1.29 is 21.8 Å². The lowest BCUT2D eigenvalue weighted by Crippen LogP contribution is -2.37. The lowest BCUT2D eigenvalue weighted by atomic mass is 10.0. The van der Waals surface area contributed by atoms with Crippen LogP contribution in [0.4, 0.5) is 17.1 Å². The molecular formula is C18H21N3O6S2. The molecule has 0 amide bonds. The predicted molar refractivity (Wildman–Crippen MR) is 110 cm³/mol. The number of hydrogen-bond donors (Lipinski definition) is 1. The molecular weight excluding hydrogens is 418 g/mol. The summed E-state index contributed by atoms with van der Waals surface area (Å²) in [4.78, 5) is 9.94. The SMILES string of the molecule is CCCS(=O)(=O)N1CCCc2ccc(NS(=O)(=O)c3ccccc3[N+](=O)[O-])cc21. The van der Waals surface area contributed by atoms with Crippen LogP contribution in [0.25, 0.3) is 0 Å². The van der Waals surface area contributed by atoms with Crippen LogP contribution in [-0.2, 0) is 26.5 Å². The van der Waals surface area contributed by atoms with E-state index in [1.54, 1.807) is 13.0 Å². The molecule has 0 saturated heterocycles. The fraction of sp³-hybridized carbons (Fsp3) is 0.333. The first kappa shape index (κ1) is 21.1. The maximum atomic E-state index is 12.7. The lowest BCUT2D eigenvalue weighted by Gasteiger charge is -2.31. The molecule has 0 atom stereocenters. The summed E-state index contributed by atoms with van der Waals surface area (Å²) in [5, 5.41) is 11.2. The number of rotatable bonds is 7. The highest BCUT2D eigenvalue weighted by atomic mass is 32.2. The van der Waals surface area contributed by atoms with Crippen molar-refractivity contribution in [3.05, 3.63) is 58.1 Å². The molecule has 0 aromatic heterocycles. The first-order valence-corrected chi connectivity index (χ1v) is 12.1. The van der Waals surface area contributed by atoms with Gasteiger partial charge in [0.25, 0.3) is 15.7 Å². The van der Waals surface area contributed by atoms with Gasteiger partial charge in [0.1, 0.15) is 0 Å². The van der Waals surface area contributed by atoms with E-state index in [4.69, 9.17) is 0 Å². The number of nitro benzene ring substituents is 1. The van der Waals surface area contributed by atoms with Gasteiger partial charge in [0.15, 0.2) is 4.90 Å². The van der Waals surface area contributed by atoms with E-state index in [0.29, 0.717) is 31.5 Å². The minimum atomic E-state index is -4.24. The summed E-state index contributed by atoms with van der Waals surface area (Å²) in [7, 11) is -7.75. The summed E-state index contributed by atoms with van der Waals surface area (Å²) >= 11 is 0. The van der Waals surface area contributed by atoms with Crippen molar-refractivity contribution in [1.82, 2.24) is 0 Å². The molecule has 0 bridgehead atoms. The minimum Gasteiger partial charge on any atom is -0.279 e. The van der Waals surface area contributed by atoms with Crippen LogP contribution >= 0.6 is 0 Å². The molecule has 156 valence electrons. The number of sulfonamides is 2. The molecule has 0 aliphatic carbocycles. The minimum absolute atomic E-state index is 0.00138. The van der Waals surface area contributed by atoms with Crippen molar-refractivity contribution in [3.63, 3.8) is 0 Å². The van der Waals surface area contributed by atoms with Gasteiger partial charge in [0.2, 0.25) is 10.0 Å². The van der Waals surface area contributed by atoms with E-state index in [0.717, 1.165) is 17.7 Å². The summed E-state index contributed by atoms with van der Waals surface area (Å²) in [5.74, 6) is -0.00138. The molecule has 0 spiro atoms. The Bertz CT molecular complexity index is 1150. The van der Waals surface area contributed by atoms with Gasteiger partial charge < -0.3 is 0 Å². The average molecular weight is 440 g/mol. The summed E-state index contributed by atoms with van der Waals surface area (Å²) in [5.41, 5.74) is 0.850. The van der Waals surface area contributed by atoms with Crippen LogP contribution in [0.1, 0.15) is 25.3 Å². The Kier molecular flexibility index (Phi) is 5.80. The number of anilines is 2. The molecule has 11 heteroatoms. The zero-order chi connectivity index (χ0) is 21.2. The number of nitrogens with one attached hydrogen (secondary N) is 1. The number of benzene rings is 2. The van der Waals surface area contributed by atoms with Crippen molar-refractivity contribution in [2.24, 2.45) is 0 Å². The zero-order valence-corrected chi connectivity index (χ0v) is 17.4. The highest BCUT2D eigenvalue weighted by molar-refractivity contribution is 7.93. The van der Waals surface area contributed by atoms with Crippen molar-refractivity contribution >= 4 is 37.1 Å². The van der Waals surface area contributed by atoms with E-state index in [1.807, 2.05) is 0 Å². The maximum absolute atomic E-state index is 12.7. The maximum Gasteiger partial charge on any atom is 0.289 e. The molecule has 0 unspecified atom stereocenters. The third-order valence-corrected chi connectivity index (χ3v) is 7.97. The van der Waals surface area contributed by atoms with E-state index >= 15 is 0 Å². The van der Waals surface area contributed by atoms with Gasteiger partial charge in [-0.3, -0.25) is 19.1 Å². The smallest absolute Gasteiger partial charge is 0.279 e. The number of para-hydroxylation sites is 1. The van der Waals surface area contributed by atoms with E-state index in [-0.39, 0.29) is 11.4 Å². The normalized spacial score (nSPS) is 14.3. The highest BCUT2D eigenvalue weighted by Gasteiger charge is 2.29. The van der Waals surface area contributed by atoms with Crippen molar-refractivity contribution in [3.8, 4) is 0 Å². The summed E-state index contributed by atoms with van der Waals surface area (Å²) in [6, 6.07) is 9.71. The van der Waals surface area contributed by atoms with Crippen LogP contribution in [0.5, 0.6) is 0 Å². The molecule has 2 aromatic carbocycles. The van der Waals surface area contributed by atoms with Gasteiger partial charge in [-0.05, 0) is 43.0 Å². The van der Waals surface area contributed by atoms with Crippen LogP contribution < -0.4 is 9.03 Å². The molecule has 0 fully saturated rings. The van der Waals surface area contributed by atoms with Gasteiger partial charge >= 0.3 is 0 Å². The molecule has 0 radical (unpaired) electrons. The number of nitrogens with zero attached hydrogens (tertiary/aromatic N) is 2. The van der Waals surface area contributed by atoms with E-state index in [1.165, 1.54) is 28.6 Å². The van der Waals surface area contributed by atoms with Crippen molar-refractivity contribution in [2.45, 2.75) is 31.1 Å². The van der Waals surface area contributed by atoms with Gasteiger partial charge in [-0.2, -0.15) is 0 Å². The Morgan fingerprint density at radius 3 is 2.55 bits per heavy atom. The Labute approximate surface area is 169 Å². The molecule has 1 aliphatic heterocycles. The number of hydrogen-bond acceptors (Lipinski definition) is 6. The Balaban J connectivity index is 1.99. The van der Waals surface area contributed by atoms with Crippen molar-refractivity contribution in [2.75, 3.05) is 21.3 Å². The number of aryl methyl sites for hydroxylation is 1. The third kappa shape index (κ3) is 4.35. The van der Waals surface area contributed by atoms with Crippen LogP contribution in [-0.4, -0.2) is 34.1 Å². The molecule has 1 aliphatic rings. The van der Waals surface area contributed by atoms with E-state index < -0.39 is 35.6 Å².